The number of aromatic amines is 1. The second-order valence-corrected chi connectivity index (χ2v) is 7.38. The van der Waals surface area contributed by atoms with Crippen LogP contribution in [0.3, 0.4) is 0 Å². The highest BCUT2D eigenvalue weighted by Crippen LogP contribution is 2.31. The van der Waals surface area contributed by atoms with Crippen LogP contribution in [0, 0.1) is 0 Å². The summed E-state index contributed by atoms with van der Waals surface area (Å²) in [6.45, 7) is 6.61. The minimum atomic E-state index is -0.148. The molecular formula is C16H20N4O2. The van der Waals surface area contributed by atoms with Crippen LogP contribution in [0.2, 0.25) is 0 Å². The molecule has 6 heteroatoms. The molecule has 6 nitrogen and oxygen atoms in total. The second-order valence-electron chi connectivity index (χ2n) is 7.38. The van der Waals surface area contributed by atoms with Gasteiger partial charge in [-0.15, -0.1) is 0 Å². The second kappa shape index (κ2) is 4.21. The number of H-pyrrole nitrogens is 1. The van der Waals surface area contributed by atoms with Crippen LogP contribution in [0.15, 0.2) is 10.9 Å². The number of carbonyl (C=O) groups excluding carboxylic acids is 1. The van der Waals surface area contributed by atoms with Crippen molar-refractivity contribution < 1.29 is 4.79 Å². The van der Waals surface area contributed by atoms with Gasteiger partial charge in [0.25, 0.3) is 11.5 Å². The van der Waals surface area contributed by atoms with Gasteiger partial charge in [-0.2, -0.15) is 0 Å². The van der Waals surface area contributed by atoms with Crippen molar-refractivity contribution in [1.29, 1.82) is 0 Å². The van der Waals surface area contributed by atoms with Gasteiger partial charge in [0.2, 0.25) is 0 Å². The molecule has 0 aromatic carbocycles. The van der Waals surface area contributed by atoms with Gasteiger partial charge < -0.3 is 4.90 Å². The topological polar surface area (TPSA) is 70.5 Å². The minimum absolute atomic E-state index is 0.0854. The fourth-order valence-corrected chi connectivity index (χ4v) is 3.13. The fourth-order valence-electron chi connectivity index (χ4n) is 3.13. The van der Waals surface area contributed by atoms with Crippen LogP contribution in [-0.2, 0) is 12.0 Å². The lowest BCUT2D eigenvalue weighted by Crippen LogP contribution is -2.40. The molecule has 2 aromatic heterocycles. The SMILES string of the molecule is CC(C)(C)c1cc2nc3c(c(=O)n2[nH]1)CN(C1CCC1)C3=O. The van der Waals surface area contributed by atoms with E-state index in [0.717, 1.165) is 25.0 Å². The van der Waals surface area contributed by atoms with Gasteiger partial charge in [0, 0.05) is 23.2 Å². The van der Waals surface area contributed by atoms with Crippen molar-refractivity contribution in [2.75, 3.05) is 0 Å². The third kappa shape index (κ3) is 1.76. The van der Waals surface area contributed by atoms with Gasteiger partial charge >= 0.3 is 0 Å². The first kappa shape index (κ1) is 13.5. The molecule has 1 fully saturated rings. The largest absolute Gasteiger partial charge is 0.330 e. The highest BCUT2D eigenvalue weighted by molar-refractivity contribution is 5.97. The summed E-state index contributed by atoms with van der Waals surface area (Å²) in [4.78, 5) is 31.5. The Morgan fingerprint density at radius 2 is 2.00 bits per heavy atom. The molecule has 0 saturated heterocycles. The van der Waals surface area contributed by atoms with Crippen LogP contribution in [0.25, 0.3) is 5.65 Å². The number of amides is 1. The molecule has 1 aliphatic heterocycles. The average Bonchev–Trinajstić information content (AvgIpc) is 2.93. The van der Waals surface area contributed by atoms with E-state index < -0.39 is 0 Å². The van der Waals surface area contributed by atoms with Gasteiger partial charge in [0.05, 0.1) is 12.1 Å². The Balaban J connectivity index is 1.85. The Labute approximate surface area is 128 Å². The van der Waals surface area contributed by atoms with E-state index in [9.17, 15) is 9.59 Å². The number of hydrogen-bond donors (Lipinski definition) is 1. The standard InChI is InChI=1S/C16H20N4O2/c1-16(2,3)11-7-12-17-13-10(14(21)20(12)18-11)8-19(15(13)22)9-5-4-6-9/h7,9,18H,4-6,8H2,1-3H3. The van der Waals surface area contributed by atoms with Crippen molar-refractivity contribution in [1.82, 2.24) is 19.5 Å². The summed E-state index contributed by atoms with van der Waals surface area (Å²) < 4.78 is 1.47. The molecule has 0 bridgehead atoms. The van der Waals surface area contributed by atoms with Gasteiger partial charge in [-0.25, -0.2) is 9.50 Å². The van der Waals surface area contributed by atoms with Crippen LogP contribution in [-0.4, -0.2) is 31.4 Å². The number of fused-ring (bicyclic) bond motifs is 2. The molecule has 3 heterocycles. The zero-order chi connectivity index (χ0) is 15.6. The third-order valence-corrected chi connectivity index (χ3v) is 4.82. The van der Waals surface area contributed by atoms with Crippen molar-refractivity contribution in [3.63, 3.8) is 0 Å². The van der Waals surface area contributed by atoms with Gasteiger partial charge in [0.15, 0.2) is 5.65 Å². The molecule has 0 unspecified atom stereocenters. The maximum atomic E-state index is 12.7. The highest BCUT2D eigenvalue weighted by atomic mass is 16.2. The van der Waals surface area contributed by atoms with E-state index in [1.165, 1.54) is 4.52 Å². The van der Waals surface area contributed by atoms with E-state index in [1.807, 2.05) is 11.0 Å². The number of nitrogens with one attached hydrogen (secondary N) is 1. The number of nitrogens with zero attached hydrogens (tertiary/aromatic N) is 3. The minimum Gasteiger partial charge on any atom is -0.330 e. The Morgan fingerprint density at radius 3 is 2.59 bits per heavy atom. The zero-order valence-corrected chi connectivity index (χ0v) is 13.1. The molecular weight excluding hydrogens is 280 g/mol. The summed E-state index contributed by atoms with van der Waals surface area (Å²) in [5.74, 6) is -0.0854. The first-order valence-electron chi connectivity index (χ1n) is 7.82. The Morgan fingerprint density at radius 1 is 1.27 bits per heavy atom. The van der Waals surface area contributed by atoms with Crippen LogP contribution < -0.4 is 5.56 Å². The summed E-state index contributed by atoms with van der Waals surface area (Å²) in [7, 11) is 0. The maximum Gasteiger partial charge on any atom is 0.278 e. The normalized spacial score (nSPS) is 18.9. The van der Waals surface area contributed by atoms with Gasteiger partial charge in [0.1, 0.15) is 5.69 Å². The molecule has 1 saturated carbocycles. The van der Waals surface area contributed by atoms with Gasteiger partial charge in [-0.3, -0.25) is 14.7 Å². The predicted octanol–water partition coefficient (Wildman–Crippen LogP) is 1.83. The molecule has 1 amide bonds. The summed E-state index contributed by atoms with van der Waals surface area (Å²) >= 11 is 0. The molecule has 0 spiro atoms. The lowest BCUT2D eigenvalue weighted by molar-refractivity contribution is 0.0602. The van der Waals surface area contributed by atoms with E-state index in [1.54, 1.807) is 0 Å². The van der Waals surface area contributed by atoms with Crippen LogP contribution >= 0.6 is 0 Å². The fraction of sp³-hybridized carbons (Fsp3) is 0.562. The van der Waals surface area contributed by atoms with Crippen LogP contribution in [0.4, 0.5) is 0 Å². The van der Waals surface area contributed by atoms with Gasteiger partial charge in [-0.05, 0) is 19.3 Å². The third-order valence-electron chi connectivity index (χ3n) is 4.82. The summed E-state index contributed by atoms with van der Waals surface area (Å²) in [6, 6.07) is 2.15. The van der Waals surface area contributed by atoms with Crippen LogP contribution in [0.5, 0.6) is 0 Å². The molecule has 4 rings (SSSR count). The van der Waals surface area contributed by atoms with E-state index in [0.29, 0.717) is 23.4 Å². The van der Waals surface area contributed by atoms with Crippen molar-refractivity contribution in [2.24, 2.45) is 0 Å². The van der Waals surface area contributed by atoms with Crippen molar-refractivity contribution in [3.05, 3.63) is 33.4 Å². The first-order chi connectivity index (χ1) is 10.4. The predicted molar refractivity (Wildman–Crippen MR) is 82.0 cm³/mol. The maximum absolute atomic E-state index is 12.7. The summed E-state index contributed by atoms with van der Waals surface area (Å²) in [6.07, 6.45) is 3.23. The molecule has 0 atom stereocenters. The molecule has 1 N–H and O–H groups in total. The highest BCUT2D eigenvalue weighted by Gasteiger charge is 2.38. The molecule has 2 aliphatic rings. The van der Waals surface area contributed by atoms with E-state index in [4.69, 9.17) is 0 Å². The van der Waals surface area contributed by atoms with E-state index >= 15 is 0 Å². The van der Waals surface area contributed by atoms with E-state index in [2.05, 4.69) is 30.9 Å². The molecule has 0 radical (unpaired) electrons. The van der Waals surface area contributed by atoms with E-state index in [-0.39, 0.29) is 22.9 Å². The number of aromatic nitrogens is 3. The molecule has 1 aliphatic carbocycles. The van der Waals surface area contributed by atoms with Crippen molar-refractivity contribution in [3.8, 4) is 0 Å². The summed E-state index contributed by atoms with van der Waals surface area (Å²) in [5.41, 5.74) is 2.08. The molecule has 22 heavy (non-hydrogen) atoms. The first-order valence-corrected chi connectivity index (χ1v) is 7.82. The number of hydrogen-bond acceptors (Lipinski definition) is 3. The zero-order valence-electron chi connectivity index (χ0n) is 13.1. The lowest BCUT2D eigenvalue weighted by atomic mass is 9.92. The Kier molecular flexibility index (Phi) is 2.59. The average molecular weight is 300 g/mol. The molecule has 2 aromatic rings. The number of carbonyl (C=O) groups is 1. The number of rotatable bonds is 1. The lowest BCUT2D eigenvalue weighted by Gasteiger charge is -2.34. The van der Waals surface area contributed by atoms with Crippen molar-refractivity contribution in [2.45, 2.75) is 58.0 Å². The monoisotopic (exact) mass is 300 g/mol. The smallest absolute Gasteiger partial charge is 0.278 e. The quantitative estimate of drug-likeness (QED) is 0.873. The Hall–Kier alpha value is -2.11. The summed E-state index contributed by atoms with van der Waals surface area (Å²) in [5, 5.41) is 3.13. The van der Waals surface area contributed by atoms with Gasteiger partial charge in [-0.1, -0.05) is 20.8 Å². The van der Waals surface area contributed by atoms with Crippen LogP contribution in [0.1, 0.15) is 61.8 Å². The van der Waals surface area contributed by atoms with Crippen molar-refractivity contribution >= 4 is 11.6 Å². The molecule has 116 valence electrons. The Bertz CT molecular complexity index is 836.